The Morgan fingerprint density at radius 2 is 1.15 bits per heavy atom. The maximum Gasteiger partial charge on any atom is 0.0212 e. The van der Waals surface area contributed by atoms with E-state index in [4.69, 9.17) is 0 Å². The van der Waals surface area contributed by atoms with E-state index in [1.165, 1.54) is 12.8 Å². The summed E-state index contributed by atoms with van der Waals surface area (Å²) in [6.07, 6.45) is 8.22. The molecule has 120 valence electrons. The molecule has 0 unspecified atom stereocenters. The highest BCUT2D eigenvalue weighted by atomic mass is 79.9. The molecule has 0 rings (SSSR count). The van der Waals surface area contributed by atoms with Gasteiger partial charge in [0.2, 0.25) is 0 Å². The molecule has 0 atom stereocenters. The van der Waals surface area contributed by atoms with Crippen molar-refractivity contribution in [1.29, 1.82) is 0 Å². The lowest BCUT2D eigenvalue weighted by Gasteiger charge is -2.48. The standard InChI is InChI=1S/C19H37Br/c1-16(2,3)14-18(6,7)19(8,9)15-17(4,5)12-10-11-13-20/h10-11H,12-15H2,1-9H3. The summed E-state index contributed by atoms with van der Waals surface area (Å²) in [5, 5.41) is 0.960. The van der Waals surface area contributed by atoms with Crippen LogP contribution >= 0.6 is 15.9 Å². The number of alkyl halides is 1. The molecule has 0 amide bonds. The van der Waals surface area contributed by atoms with Crippen LogP contribution in [0.2, 0.25) is 0 Å². The normalized spacial score (nSPS) is 15.1. The van der Waals surface area contributed by atoms with E-state index in [-0.39, 0.29) is 0 Å². The zero-order chi connectivity index (χ0) is 16.2. The number of allylic oxidation sites excluding steroid dienone is 2. The van der Waals surface area contributed by atoms with Crippen molar-refractivity contribution >= 4 is 15.9 Å². The molecule has 0 aliphatic rings. The van der Waals surface area contributed by atoms with Crippen molar-refractivity contribution in [2.75, 3.05) is 5.33 Å². The summed E-state index contributed by atoms with van der Waals surface area (Å²) < 4.78 is 0. The summed E-state index contributed by atoms with van der Waals surface area (Å²) in [4.78, 5) is 0. The minimum absolute atomic E-state index is 0.339. The molecule has 0 heterocycles. The Kier molecular flexibility index (Phi) is 7.06. The molecule has 0 nitrogen and oxygen atoms in total. The van der Waals surface area contributed by atoms with E-state index in [0.717, 1.165) is 11.8 Å². The van der Waals surface area contributed by atoms with Crippen LogP contribution in [0.1, 0.15) is 81.6 Å². The first-order valence-corrected chi connectivity index (χ1v) is 9.06. The molecule has 1 heteroatoms. The Bertz CT molecular complexity index is 313. The van der Waals surface area contributed by atoms with Crippen LogP contribution in [0.4, 0.5) is 0 Å². The van der Waals surface area contributed by atoms with Gasteiger partial charge in [0.25, 0.3) is 0 Å². The molecule has 0 saturated carbocycles. The summed E-state index contributed by atoms with van der Waals surface area (Å²) in [7, 11) is 0. The molecular weight excluding hydrogens is 308 g/mol. The molecule has 0 radical (unpaired) electrons. The third-order valence-corrected chi connectivity index (χ3v) is 5.02. The number of rotatable bonds is 7. The second-order valence-electron chi connectivity index (χ2n) is 9.68. The van der Waals surface area contributed by atoms with Crippen molar-refractivity contribution in [2.45, 2.75) is 81.6 Å². The fourth-order valence-electron chi connectivity index (χ4n) is 3.54. The second-order valence-corrected chi connectivity index (χ2v) is 10.3. The van der Waals surface area contributed by atoms with E-state index >= 15 is 0 Å². The highest BCUT2D eigenvalue weighted by Crippen LogP contribution is 2.52. The van der Waals surface area contributed by atoms with E-state index < -0.39 is 0 Å². The van der Waals surface area contributed by atoms with Crippen molar-refractivity contribution in [3.63, 3.8) is 0 Å². The first-order chi connectivity index (χ1) is 8.72. The summed E-state index contributed by atoms with van der Waals surface area (Å²) in [5.74, 6) is 0. The molecule has 0 aliphatic carbocycles. The fraction of sp³-hybridized carbons (Fsp3) is 0.895. The molecule has 20 heavy (non-hydrogen) atoms. The highest BCUT2D eigenvalue weighted by molar-refractivity contribution is 9.09. The average Bonchev–Trinajstić information content (AvgIpc) is 2.11. The predicted molar refractivity (Wildman–Crippen MR) is 97.6 cm³/mol. The van der Waals surface area contributed by atoms with Gasteiger partial charge in [0.15, 0.2) is 0 Å². The minimum Gasteiger partial charge on any atom is -0.0883 e. The van der Waals surface area contributed by atoms with Gasteiger partial charge in [-0.25, -0.2) is 0 Å². The van der Waals surface area contributed by atoms with Crippen LogP contribution in [-0.4, -0.2) is 5.33 Å². The lowest BCUT2D eigenvalue weighted by atomic mass is 9.57. The molecule has 0 N–H and O–H groups in total. The van der Waals surface area contributed by atoms with Gasteiger partial charge in [-0.05, 0) is 40.9 Å². The fourth-order valence-corrected chi connectivity index (χ4v) is 3.80. The van der Waals surface area contributed by atoms with Crippen molar-refractivity contribution in [3.8, 4) is 0 Å². The van der Waals surface area contributed by atoms with Crippen LogP contribution in [0.15, 0.2) is 12.2 Å². The summed E-state index contributed by atoms with van der Waals surface area (Å²) >= 11 is 3.46. The summed E-state index contributed by atoms with van der Waals surface area (Å²) in [6, 6.07) is 0. The van der Waals surface area contributed by atoms with E-state index in [2.05, 4.69) is 90.4 Å². The third-order valence-electron chi connectivity index (χ3n) is 4.65. The quantitative estimate of drug-likeness (QED) is 0.337. The predicted octanol–water partition coefficient (Wildman–Crippen LogP) is 7.23. The molecule has 0 saturated heterocycles. The molecule has 0 spiro atoms. The second kappa shape index (κ2) is 6.99. The molecule has 0 aliphatic heterocycles. The Morgan fingerprint density at radius 3 is 1.55 bits per heavy atom. The SMILES string of the molecule is CC(C)(C)CC(C)(C)C(C)(C)CC(C)(C)CC=CCBr. The van der Waals surface area contributed by atoms with Crippen LogP contribution in [-0.2, 0) is 0 Å². The van der Waals surface area contributed by atoms with E-state index in [1.807, 2.05) is 0 Å². The Balaban J connectivity index is 4.90. The topological polar surface area (TPSA) is 0 Å². The first kappa shape index (κ1) is 20.2. The number of hydrogen-bond donors (Lipinski definition) is 0. The maximum atomic E-state index is 3.46. The van der Waals surface area contributed by atoms with E-state index in [1.54, 1.807) is 0 Å². The Labute approximate surface area is 136 Å². The highest BCUT2D eigenvalue weighted by Gasteiger charge is 2.42. The smallest absolute Gasteiger partial charge is 0.0212 e. The van der Waals surface area contributed by atoms with Gasteiger partial charge in [-0.3, -0.25) is 0 Å². The van der Waals surface area contributed by atoms with Crippen LogP contribution < -0.4 is 0 Å². The molecular formula is C19H37Br. The zero-order valence-electron chi connectivity index (χ0n) is 15.4. The van der Waals surface area contributed by atoms with Crippen LogP contribution in [0.3, 0.4) is 0 Å². The molecule has 0 bridgehead atoms. The van der Waals surface area contributed by atoms with Crippen molar-refractivity contribution in [2.24, 2.45) is 21.7 Å². The van der Waals surface area contributed by atoms with Crippen LogP contribution in [0.5, 0.6) is 0 Å². The largest absolute Gasteiger partial charge is 0.0883 e. The molecule has 0 aromatic carbocycles. The van der Waals surface area contributed by atoms with E-state index in [9.17, 15) is 0 Å². The molecule has 0 aromatic heterocycles. The average molecular weight is 345 g/mol. The summed E-state index contributed by atoms with van der Waals surface area (Å²) in [5.41, 5.74) is 1.44. The zero-order valence-corrected chi connectivity index (χ0v) is 16.9. The van der Waals surface area contributed by atoms with E-state index in [0.29, 0.717) is 21.7 Å². The Hall–Kier alpha value is 0.220. The van der Waals surface area contributed by atoms with Gasteiger partial charge in [-0.15, -0.1) is 0 Å². The van der Waals surface area contributed by atoms with Gasteiger partial charge in [0.05, 0.1) is 0 Å². The summed E-state index contributed by atoms with van der Waals surface area (Å²) in [6.45, 7) is 21.7. The Morgan fingerprint density at radius 1 is 0.700 bits per heavy atom. The van der Waals surface area contributed by atoms with Crippen molar-refractivity contribution in [3.05, 3.63) is 12.2 Å². The number of hydrogen-bond acceptors (Lipinski definition) is 0. The molecule has 0 fully saturated rings. The third kappa shape index (κ3) is 7.29. The van der Waals surface area contributed by atoms with Gasteiger partial charge in [0.1, 0.15) is 0 Å². The number of halogens is 1. The molecule has 0 aromatic rings. The lowest BCUT2D eigenvalue weighted by Crippen LogP contribution is -2.39. The van der Waals surface area contributed by atoms with Gasteiger partial charge in [-0.2, -0.15) is 0 Å². The van der Waals surface area contributed by atoms with Crippen LogP contribution in [0.25, 0.3) is 0 Å². The monoisotopic (exact) mass is 344 g/mol. The lowest BCUT2D eigenvalue weighted by molar-refractivity contribution is 0.0191. The first-order valence-electron chi connectivity index (χ1n) is 7.93. The van der Waals surface area contributed by atoms with Gasteiger partial charge < -0.3 is 0 Å². The van der Waals surface area contributed by atoms with Gasteiger partial charge in [0, 0.05) is 5.33 Å². The van der Waals surface area contributed by atoms with Gasteiger partial charge in [-0.1, -0.05) is 90.4 Å². The van der Waals surface area contributed by atoms with Gasteiger partial charge >= 0.3 is 0 Å². The maximum absolute atomic E-state index is 3.46. The van der Waals surface area contributed by atoms with Crippen molar-refractivity contribution in [1.82, 2.24) is 0 Å². The van der Waals surface area contributed by atoms with Crippen molar-refractivity contribution < 1.29 is 0 Å². The minimum atomic E-state index is 0.339. The van der Waals surface area contributed by atoms with Crippen LogP contribution in [0, 0.1) is 21.7 Å².